The van der Waals surface area contributed by atoms with Gasteiger partial charge in [-0.05, 0) is 79.3 Å². The van der Waals surface area contributed by atoms with Crippen LogP contribution in [0.15, 0.2) is 0 Å². The first-order valence-corrected chi connectivity index (χ1v) is 7.67. The Morgan fingerprint density at radius 2 is 1.78 bits per heavy atom. The monoisotopic (exact) mass is 255 g/mol. The van der Waals surface area contributed by atoms with Crippen molar-refractivity contribution >= 4 is 0 Å². The molecule has 1 saturated carbocycles. The van der Waals surface area contributed by atoms with Crippen LogP contribution >= 0.6 is 0 Å². The molecule has 0 radical (unpaired) electrons. The van der Waals surface area contributed by atoms with Gasteiger partial charge in [0.25, 0.3) is 0 Å². The molecule has 0 aromatic heterocycles. The predicted octanol–water partition coefficient (Wildman–Crippen LogP) is 2.18. The summed E-state index contributed by atoms with van der Waals surface area (Å²) in [5.74, 6) is 0. The Kier molecular flexibility index (Phi) is 7.20. The zero-order valence-electron chi connectivity index (χ0n) is 13.0. The Hall–Kier alpha value is -0.120. The van der Waals surface area contributed by atoms with Gasteiger partial charge in [-0.25, -0.2) is 0 Å². The molecule has 0 aromatic carbocycles. The van der Waals surface area contributed by atoms with Crippen molar-refractivity contribution in [3.63, 3.8) is 0 Å². The van der Waals surface area contributed by atoms with Crippen LogP contribution in [0.1, 0.15) is 45.4 Å². The van der Waals surface area contributed by atoms with Crippen LogP contribution in [0.5, 0.6) is 0 Å². The van der Waals surface area contributed by atoms with E-state index in [-0.39, 0.29) is 0 Å². The van der Waals surface area contributed by atoms with Gasteiger partial charge in [-0.2, -0.15) is 0 Å². The van der Waals surface area contributed by atoms with Crippen LogP contribution in [-0.2, 0) is 0 Å². The lowest BCUT2D eigenvalue weighted by Gasteiger charge is -2.49. The molecule has 3 nitrogen and oxygen atoms in total. The first-order valence-electron chi connectivity index (χ1n) is 7.67. The minimum atomic E-state index is 0.481. The summed E-state index contributed by atoms with van der Waals surface area (Å²) in [7, 11) is 6.76. The van der Waals surface area contributed by atoms with Crippen molar-refractivity contribution in [2.45, 2.75) is 51.0 Å². The second-order valence-electron chi connectivity index (χ2n) is 6.17. The fraction of sp³-hybridized carbons (Fsp3) is 1.00. The predicted molar refractivity (Wildman–Crippen MR) is 80.2 cm³/mol. The van der Waals surface area contributed by atoms with Gasteiger partial charge in [0, 0.05) is 12.1 Å². The van der Waals surface area contributed by atoms with E-state index in [2.05, 4.69) is 43.2 Å². The molecule has 0 spiro atoms. The number of nitrogens with one attached hydrogen (secondary N) is 1. The molecule has 1 N–H and O–H groups in total. The summed E-state index contributed by atoms with van der Waals surface area (Å²) in [6, 6.07) is 0. The van der Waals surface area contributed by atoms with Gasteiger partial charge < -0.3 is 15.1 Å². The Morgan fingerprint density at radius 3 is 2.28 bits per heavy atom. The summed E-state index contributed by atoms with van der Waals surface area (Å²) in [5.41, 5.74) is 0.481. The first kappa shape index (κ1) is 15.9. The molecule has 1 rings (SSSR count). The van der Waals surface area contributed by atoms with E-state index >= 15 is 0 Å². The number of nitrogens with zero attached hydrogens (tertiary/aromatic N) is 2. The fourth-order valence-corrected chi connectivity index (χ4v) is 2.85. The van der Waals surface area contributed by atoms with E-state index in [4.69, 9.17) is 0 Å². The molecule has 1 aliphatic carbocycles. The van der Waals surface area contributed by atoms with E-state index in [0.717, 1.165) is 0 Å². The smallest absolute Gasteiger partial charge is 0.0330 e. The lowest BCUT2D eigenvalue weighted by atomic mass is 9.75. The van der Waals surface area contributed by atoms with Gasteiger partial charge in [-0.1, -0.05) is 6.92 Å². The third-order valence-corrected chi connectivity index (χ3v) is 4.37. The summed E-state index contributed by atoms with van der Waals surface area (Å²) in [6.07, 6.45) is 8.03. The van der Waals surface area contributed by atoms with Crippen molar-refractivity contribution in [1.82, 2.24) is 15.1 Å². The molecule has 1 aliphatic rings. The van der Waals surface area contributed by atoms with Crippen molar-refractivity contribution in [3.8, 4) is 0 Å². The summed E-state index contributed by atoms with van der Waals surface area (Å²) in [5, 5.41) is 3.47. The summed E-state index contributed by atoms with van der Waals surface area (Å²) in [4.78, 5) is 4.97. The number of likely N-dealkylation sites (N-methyl/N-ethyl adjacent to an activating group) is 2. The van der Waals surface area contributed by atoms with Crippen LogP contribution in [0.25, 0.3) is 0 Å². The van der Waals surface area contributed by atoms with Crippen LogP contribution in [0.3, 0.4) is 0 Å². The van der Waals surface area contributed by atoms with Crippen LogP contribution in [0, 0.1) is 0 Å². The molecule has 18 heavy (non-hydrogen) atoms. The van der Waals surface area contributed by atoms with Gasteiger partial charge in [0.2, 0.25) is 0 Å². The maximum atomic E-state index is 3.47. The van der Waals surface area contributed by atoms with Gasteiger partial charge in [-0.15, -0.1) is 0 Å². The van der Waals surface area contributed by atoms with Crippen molar-refractivity contribution in [2.75, 3.05) is 47.3 Å². The van der Waals surface area contributed by atoms with E-state index < -0.39 is 0 Å². The molecule has 0 atom stereocenters. The Bertz CT molecular complexity index is 212. The minimum absolute atomic E-state index is 0.481. The average Bonchev–Trinajstić information content (AvgIpc) is 2.28. The van der Waals surface area contributed by atoms with Gasteiger partial charge >= 0.3 is 0 Å². The molecular weight excluding hydrogens is 222 g/mol. The molecular formula is C15H33N3. The highest BCUT2D eigenvalue weighted by atomic mass is 15.2. The molecule has 3 heteroatoms. The lowest BCUT2D eigenvalue weighted by Crippen LogP contribution is -2.56. The quantitative estimate of drug-likeness (QED) is 0.604. The standard InChI is InChI=1S/C15H33N3/c1-5-11-16-12-6-7-13-18(4)14-15(17(2)3)9-8-10-15/h16H,5-14H2,1-4H3. The Morgan fingerprint density at radius 1 is 1.06 bits per heavy atom. The van der Waals surface area contributed by atoms with Crippen LogP contribution in [0.2, 0.25) is 0 Å². The number of rotatable bonds is 10. The largest absolute Gasteiger partial charge is 0.317 e. The molecule has 0 aliphatic heterocycles. The highest BCUT2D eigenvalue weighted by molar-refractivity contribution is 4.97. The third kappa shape index (κ3) is 4.87. The Balaban J connectivity index is 2.08. The second-order valence-corrected chi connectivity index (χ2v) is 6.17. The van der Waals surface area contributed by atoms with Gasteiger partial charge in [0.15, 0.2) is 0 Å². The Labute approximate surface area is 114 Å². The first-order chi connectivity index (χ1) is 8.60. The van der Waals surface area contributed by atoms with E-state index in [9.17, 15) is 0 Å². The third-order valence-electron chi connectivity index (χ3n) is 4.37. The van der Waals surface area contributed by atoms with Gasteiger partial charge in [0.05, 0.1) is 0 Å². The van der Waals surface area contributed by atoms with Gasteiger partial charge in [0.1, 0.15) is 0 Å². The molecule has 0 heterocycles. The summed E-state index contributed by atoms with van der Waals surface area (Å²) < 4.78 is 0. The molecule has 1 fully saturated rings. The highest BCUT2D eigenvalue weighted by Gasteiger charge is 2.39. The van der Waals surface area contributed by atoms with Crippen LogP contribution < -0.4 is 5.32 Å². The molecule has 0 aromatic rings. The van der Waals surface area contributed by atoms with Gasteiger partial charge in [-0.3, -0.25) is 0 Å². The van der Waals surface area contributed by atoms with E-state index in [1.807, 2.05) is 0 Å². The SMILES string of the molecule is CCCNCCCCN(C)CC1(N(C)C)CCC1. The van der Waals surface area contributed by atoms with Crippen LogP contribution in [0.4, 0.5) is 0 Å². The number of hydrogen-bond acceptors (Lipinski definition) is 3. The topological polar surface area (TPSA) is 18.5 Å². The van der Waals surface area contributed by atoms with Crippen molar-refractivity contribution < 1.29 is 0 Å². The average molecular weight is 255 g/mol. The fourth-order valence-electron chi connectivity index (χ4n) is 2.85. The number of hydrogen-bond donors (Lipinski definition) is 1. The normalized spacial score (nSPS) is 18.3. The molecule has 0 amide bonds. The van der Waals surface area contributed by atoms with Crippen LogP contribution in [-0.4, -0.2) is 62.7 Å². The molecule has 108 valence electrons. The lowest BCUT2D eigenvalue weighted by molar-refractivity contribution is 0.0275. The molecule has 0 bridgehead atoms. The number of unbranched alkanes of at least 4 members (excludes halogenated alkanes) is 1. The zero-order valence-corrected chi connectivity index (χ0v) is 13.0. The maximum Gasteiger partial charge on any atom is 0.0330 e. The van der Waals surface area contributed by atoms with E-state index in [0.29, 0.717) is 5.54 Å². The van der Waals surface area contributed by atoms with E-state index in [1.165, 1.54) is 64.7 Å². The van der Waals surface area contributed by atoms with Crippen molar-refractivity contribution in [3.05, 3.63) is 0 Å². The van der Waals surface area contributed by atoms with Crippen molar-refractivity contribution in [1.29, 1.82) is 0 Å². The molecule has 0 unspecified atom stereocenters. The van der Waals surface area contributed by atoms with E-state index in [1.54, 1.807) is 0 Å². The summed E-state index contributed by atoms with van der Waals surface area (Å²) >= 11 is 0. The highest BCUT2D eigenvalue weighted by Crippen LogP contribution is 2.36. The molecule has 0 saturated heterocycles. The minimum Gasteiger partial charge on any atom is -0.317 e. The summed E-state index contributed by atoms with van der Waals surface area (Å²) in [6.45, 7) is 7.05. The zero-order chi connectivity index (χ0) is 13.4. The second kappa shape index (κ2) is 8.13. The maximum absolute atomic E-state index is 3.47. The van der Waals surface area contributed by atoms with Crippen molar-refractivity contribution in [2.24, 2.45) is 0 Å².